The average Bonchev–Trinajstić information content (AvgIpc) is 2.98. The molecule has 202 valence electrons. The molecule has 2 N–H and O–H groups in total. The van der Waals surface area contributed by atoms with Crippen LogP contribution in [0.25, 0.3) is 11.0 Å². The lowest BCUT2D eigenvalue weighted by atomic mass is 10.0. The average molecular weight is 555 g/mol. The summed E-state index contributed by atoms with van der Waals surface area (Å²) in [5.74, 6) is -0.377. The normalized spacial score (nSPS) is 23.9. The van der Waals surface area contributed by atoms with E-state index in [4.69, 9.17) is 28.1 Å². The molecule has 2 aromatic rings. The first-order valence-electron chi connectivity index (χ1n) is 11.1. The Morgan fingerprint density at radius 1 is 1.14 bits per heavy atom. The van der Waals surface area contributed by atoms with Gasteiger partial charge in [-0.3, -0.25) is 4.52 Å². The Kier molecular flexibility index (Phi) is 7.90. The van der Waals surface area contributed by atoms with Gasteiger partial charge in [0.15, 0.2) is 8.32 Å². The SMILES string of the molecule is CC1[C@@H](Oc2ccc3c(C(F)(F)F)cc(=O)oc3c2)O[C@H](COP(=O)(O)O)[C@H]1O[Si](C)(C)C(C)(C)C. The topological polar surface area (TPSA) is 125 Å². The Balaban J connectivity index is 1.90. The molecule has 9 nitrogen and oxygen atoms in total. The fourth-order valence-corrected chi connectivity index (χ4v) is 5.33. The van der Waals surface area contributed by atoms with Gasteiger partial charge in [0, 0.05) is 23.4 Å². The zero-order chi connectivity index (χ0) is 27.3. The van der Waals surface area contributed by atoms with Gasteiger partial charge < -0.3 is 28.1 Å². The number of hydrogen-bond donors (Lipinski definition) is 2. The van der Waals surface area contributed by atoms with Crippen LogP contribution >= 0.6 is 7.82 Å². The summed E-state index contributed by atoms with van der Waals surface area (Å²) in [5, 5.41) is -0.478. The lowest BCUT2D eigenvalue weighted by Crippen LogP contribution is -2.48. The van der Waals surface area contributed by atoms with Crippen LogP contribution < -0.4 is 10.4 Å². The minimum absolute atomic E-state index is 0.0736. The zero-order valence-electron chi connectivity index (χ0n) is 20.7. The summed E-state index contributed by atoms with van der Waals surface area (Å²) >= 11 is 0. The first-order valence-corrected chi connectivity index (χ1v) is 15.6. The van der Waals surface area contributed by atoms with E-state index in [0.717, 1.165) is 12.1 Å². The van der Waals surface area contributed by atoms with Gasteiger partial charge in [0.1, 0.15) is 17.4 Å². The van der Waals surface area contributed by atoms with Gasteiger partial charge in [0.25, 0.3) is 0 Å². The van der Waals surface area contributed by atoms with E-state index in [1.807, 2.05) is 33.9 Å². The highest BCUT2D eigenvalue weighted by Gasteiger charge is 2.50. The monoisotopic (exact) mass is 554 g/mol. The van der Waals surface area contributed by atoms with Crippen LogP contribution in [0.2, 0.25) is 18.1 Å². The first kappa shape index (κ1) is 28.8. The van der Waals surface area contributed by atoms with Crippen molar-refractivity contribution in [3.63, 3.8) is 0 Å². The first-order chi connectivity index (χ1) is 16.3. The molecular weight excluding hydrogens is 524 g/mol. The number of phosphoric ester groups is 1. The molecule has 1 aliphatic rings. The smallest absolute Gasteiger partial charge is 0.464 e. The molecule has 0 aliphatic carbocycles. The molecule has 0 radical (unpaired) electrons. The van der Waals surface area contributed by atoms with Crippen molar-refractivity contribution in [2.75, 3.05) is 6.61 Å². The van der Waals surface area contributed by atoms with Crippen LogP contribution in [-0.4, -0.2) is 43.2 Å². The summed E-state index contributed by atoms with van der Waals surface area (Å²) in [7, 11) is -7.14. The van der Waals surface area contributed by atoms with Gasteiger partial charge in [-0.05, 0) is 30.3 Å². The molecule has 1 unspecified atom stereocenters. The predicted octanol–water partition coefficient (Wildman–Crippen LogP) is 5.05. The number of hydrogen-bond acceptors (Lipinski definition) is 7. The van der Waals surface area contributed by atoms with Gasteiger partial charge in [-0.1, -0.05) is 27.7 Å². The molecule has 0 bridgehead atoms. The summed E-state index contributed by atoms with van der Waals surface area (Å²) in [6, 6.07) is 3.97. The Bertz CT molecular complexity index is 1200. The molecule has 2 heterocycles. The lowest BCUT2D eigenvalue weighted by molar-refractivity contribution is -0.136. The summed E-state index contributed by atoms with van der Waals surface area (Å²) in [6.07, 6.45) is -7.26. The zero-order valence-corrected chi connectivity index (χ0v) is 22.6. The third-order valence-electron chi connectivity index (χ3n) is 6.54. The minimum Gasteiger partial charge on any atom is -0.464 e. The molecule has 0 spiro atoms. The number of halogens is 3. The number of rotatable bonds is 7. The van der Waals surface area contributed by atoms with Crippen molar-refractivity contribution in [3.05, 3.63) is 40.2 Å². The molecule has 1 aliphatic heterocycles. The van der Waals surface area contributed by atoms with Gasteiger partial charge in [-0.25, -0.2) is 9.36 Å². The van der Waals surface area contributed by atoms with E-state index in [2.05, 4.69) is 4.52 Å². The molecule has 4 atom stereocenters. The van der Waals surface area contributed by atoms with Crippen molar-refractivity contribution in [1.82, 2.24) is 0 Å². The highest BCUT2D eigenvalue weighted by atomic mass is 31.2. The van der Waals surface area contributed by atoms with Crippen molar-refractivity contribution in [2.45, 2.75) is 70.5 Å². The number of benzene rings is 1. The number of phosphoric acid groups is 1. The molecule has 0 amide bonds. The molecule has 14 heteroatoms. The van der Waals surface area contributed by atoms with Crippen LogP contribution in [0.3, 0.4) is 0 Å². The van der Waals surface area contributed by atoms with Crippen molar-refractivity contribution < 1.29 is 50.4 Å². The Labute approximate surface area is 206 Å². The van der Waals surface area contributed by atoms with E-state index in [1.165, 1.54) is 6.07 Å². The highest BCUT2D eigenvalue weighted by Crippen LogP contribution is 2.43. The van der Waals surface area contributed by atoms with Gasteiger partial charge in [-0.2, -0.15) is 13.2 Å². The lowest BCUT2D eigenvalue weighted by Gasteiger charge is -2.40. The fourth-order valence-electron chi connectivity index (χ4n) is 3.59. The van der Waals surface area contributed by atoms with Gasteiger partial charge in [0.2, 0.25) is 6.29 Å². The second kappa shape index (κ2) is 9.86. The summed E-state index contributed by atoms with van der Waals surface area (Å²) in [5.41, 5.74) is -2.59. The summed E-state index contributed by atoms with van der Waals surface area (Å²) in [4.78, 5) is 30.0. The van der Waals surface area contributed by atoms with Crippen LogP contribution in [-0.2, 0) is 24.4 Å². The van der Waals surface area contributed by atoms with E-state index < -0.39 is 64.5 Å². The second-order valence-corrected chi connectivity index (χ2v) is 16.3. The third-order valence-corrected chi connectivity index (χ3v) is 11.5. The highest BCUT2D eigenvalue weighted by molar-refractivity contribution is 7.46. The third kappa shape index (κ3) is 6.57. The molecule has 36 heavy (non-hydrogen) atoms. The van der Waals surface area contributed by atoms with Crippen molar-refractivity contribution in [3.8, 4) is 5.75 Å². The molecule has 1 aromatic heterocycles. The number of ether oxygens (including phenoxy) is 2. The number of fused-ring (bicyclic) bond motifs is 1. The number of alkyl halides is 3. The van der Waals surface area contributed by atoms with Crippen LogP contribution in [0.4, 0.5) is 13.2 Å². The Hall–Kier alpha value is -1.73. The van der Waals surface area contributed by atoms with Crippen molar-refractivity contribution in [1.29, 1.82) is 0 Å². The van der Waals surface area contributed by atoms with Crippen LogP contribution in [0, 0.1) is 5.92 Å². The molecule has 0 saturated carbocycles. The summed E-state index contributed by atoms with van der Waals surface area (Å²) in [6.45, 7) is 11.4. The minimum atomic E-state index is -4.78. The van der Waals surface area contributed by atoms with E-state index >= 15 is 0 Å². The van der Waals surface area contributed by atoms with Gasteiger partial charge >= 0.3 is 19.6 Å². The molecule has 3 rings (SSSR count). The standard InChI is InChI=1S/C22H30F3O9PSi/c1-12-19(34-36(5,6)21(2,3)4)17(11-30-35(27,28)29)33-20(12)31-13-7-8-14-15(22(23,24)25)10-18(26)32-16(14)9-13/h7-10,12,17,19-20H,11H2,1-6H3,(H2,27,28,29)/t12?,17-,19+,20+/m1/s1. The van der Waals surface area contributed by atoms with Crippen LogP contribution in [0.15, 0.2) is 33.5 Å². The quantitative estimate of drug-likeness (QED) is 0.275. The van der Waals surface area contributed by atoms with Crippen LogP contribution in [0.1, 0.15) is 33.3 Å². The van der Waals surface area contributed by atoms with E-state index in [1.54, 1.807) is 6.92 Å². The van der Waals surface area contributed by atoms with E-state index in [-0.39, 0.29) is 21.8 Å². The maximum Gasteiger partial charge on any atom is 0.469 e. The van der Waals surface area contributed by atoms with Crippen molar-refractivity contribution in [2.24, 2.45) is 5.92 Å². The van der Waals surface area contributed by atoms with E-state index in [9.17, 15) is 22.5 Å². The van der Waals surface area contributed by atoms with Gasteiger partial charge in [-0.15, -0.1) is 0 Å². The van der Waals surface area contributed by atoms with Crippen LogP contribution in [0.5, 0.6) is 5.75 Å². The van der Waals surface area contributed by atoms with Crippen molar-refractivity contribution >= 4 is 27.1 Å². The fraction of sp³-hybridized carbons (Fsp3) is 0.591. The van der Waals surface area contributed by atoms with Gasteiger partial charge in [0.05, 0.1) is 18.3 Å². The molecule has 1 aromatic carbocycles. The van der Waals surface area contributed by atoms with E-state index in [0.29, 0.717) is 6.07 Å². The maximum atomic E-state index is 13.3. The summed E-state index contributed by atoms with van der Waals surface area (Å²) < 4.78 is 79.1. The molecular formula is C22H30F3O9PSi. The largest absolute Gasteiger partial charge is 0.469 e. The Morgan fingerprint density at radius 2 is 1.78 bits per heavy atom. The Morgan fingerprint density at radius 3 is 2.33 bits per heavy atom. The predicted molar refractivity (Wildman–Crippen MR) is 126 cm³/mol. The maximum absolute atomic E-state index is 13.3. The molecule has 1 fully saturated rings. The molecule has 1 saturated heterocycles. The second-order valence-electron chi connectivity index (χ2n) is 10.3.